The second-order valence-corrected chi connectivity index (χ2v) is 2.92. The van der Waals surface area contributed by atoms with Crippen LogP contribution in [0.1, 0.15) is 32.6 Å². The van der Waals surface area contributed by atoms with Crippen LogP contribution in [0.15, 0.2) is 12.7 Å². The average Bonchev–Trinajstić information content (AvgIpc) is 2.06. The van der Waals surface area contributed by atoms with Gasteiger partial charge in [-0.2, -0.15) is 0 Å². The summed E-state index contributed by atoms with van der Waals surface area (Å²) in [6.07, 6.45) is 5.25. The number of carbonyl (C=O) groups is 1. The molecule has 0 aromatic rings. The highest BCUT2D eigenvalue weighted by Crippen LogP contribution is 2.02. The summed E-state index contributed by atoms with van der Waals surface area (Å²) in [6, 6.07) is 0.0305. The van der Waals surface area contributed by atoms with Gasteiger partial charge in [-0.25, -0.2) is 0 Å². The Bertz CT molecular complexity index is 143. The normalized spacial score (nSPS) is 12.5. The summed E-state index contributed by atoms with van der Waals surface area (Å²) >= 11 is 0. The minimum absolute atomic E-state index is 0.0305. The summed E-state index contributed by atoms with van der Waals surface area (Å²) in [5.41, 5.74) is 0. The van der Waals surface area contributed by atoms with Crippen LogP contribution < -0.4 is 5.32 Å². The lowest BCUT2D eigenvalue weighted by molar-refractivity contribution is -0.121. The highest BCUT2D eigenvalue weighted by molar-refractivity contribution is 5.83. The molecule has 0 fully saturated rings. The van der Waals surface area contributed by atoms with E-state index in [9.17, 15) is 4.79 Å². The summed E-state index contributed by atoms with van der Waals surface area (Å²) < 4.78 is 0. The first-order valence-corrected chi connectivity index (χ1v) is 4.57. The zero-order chi connectivity index (χ0) is 9.40. The van der Waals surface area contributed by atoms with Gasteiger partial charge in [-0.1, -0.05) is 13.0 Å². The molecule has 0 aromatic carbocycles. The molecule has 1 atom stereocenters. The van der Waals surface area contributed by atoms with Crippen molar-refractivity contribution in [1.82, 2.24) is 5.32 Å². The van der Waals surface area contributed by atoms with Crippen LogP contribution >= 0.6 is 0 Å². The molecule has 0 amide bonds. The van der Waals surface area contributed by atoms with Gasteiger partial charge in [0.25, 0.3) is 0 Å². The second kappa shape index (κ2) is 7.04. The standard InChI is InChI=1S/C10H19NO/c1-4-6-8-9(11-3)10(12)7-5-2/h4,9,11H,1,5-8H2,2-3H3. The highest BCUT2D eigenvalue weighted by atomic mass is 16.1. The topological polar surface area (TPSA) is 29.1 Å². The molecule has 0 aliphatic rings. The molecule has 1 N–H and O–H groups in total. The Morgan fingerprint density at radius 3 is 2.75 bits per heavy atom. The Morgan fingerprint density at radius 1 is 1.67 bits per heavy atom. The quantitative estimate of drug-likeness (QED) is 0.590. The van der Waals surface area contributed by atoms with Crippen molar-refractivity contribution >= 4 is 5.78 Å². The van der Waals surface area contributed by atoms with Gasteiger partial charge in [0.1, 0.15) is 5.78 Å². The van der Waals surface area contributed by atoms with Crippen molar-refractivity contribution in [3.63, 3.8) is 0 Å². The molecular weight excluding hydrogens is 150 g/mol. The summed E-state index contributed by atoms with van der Waals surface area (Å²) in [5.74, 6) is 0.321. The molecule has 0 aliphatic heterocycles. The number of hydrogen-bond donors (Lipinski definition) is 1. The molecule has 0 radical (unpaired) electrons. The molecule has 1 unspecified atom stereocenters. The maximum Gasteiger partial charge on any atom is 0.149 e. The van der Waals surface area contributed by atoms with E-state index in [2.05, 4.69) is 11.9 Å². The highest BCUT2D eigenvalue weighted by Gasteiger charge is 2.13. The Labute approximate surface area is 75.0 Å². The fraction of sp³-hybridized carbons (Fsp3) is 0.700. The van der Waals surface area contributed by atoms with Gasteiger partial charge in [0.15, 0.2) is 0 Å². The summed E-state index contributed by atoms with van der Waals surface area (Å²) in [5, 5.41) is 3.02. The molecule has 0 saturated heterocycles. The largest absolute Gasteiger partial charge is 0.311 e. The average molecular weight is 169 g/mol. The van der Waals surface area contributed by atoms with Gasteiger partial charge in [0, 0.05) is 6.42 Å². The Hall–Kier alpha value is -0.630. The molecule has 2 heteroatoms. The predicted molar refractivity (Wildman–Crippen MR) is 52.2 cm³/mol. The zero-order valence-corrected chi connectivity index (χ0v) is 8.10. The molecule has 12 heavy (non-hydrogen) atoms. The first-order valence-electron chi connectivity index (χ1n) is 4.57. The maximum absolute atomic E-state index is 11.4. The van der Waals surface area contributed by atoms with Crippen molar-refractivity contribution < 1.29 is 4.79 Å². The number of likely N-dealkylation sites (N-methyl/N-ethyl adjacent to an activating group) is 1. The van der Waals surface area contributed by atoms with E-state index < -0.39 is 0 Å². The van der Waals surface area contributed by atoms with Gasteiger partial charge in [-0.05, 0) is 26.3 Å². The molecule has 0 spiro atoms. The van der Waals surface area contributed by atoms with E-state index in [4.69, 9.17) is 0 Å². The number of ketones is 1. The van der Waals surface area contributed by atoms with Crippen LogP contribution in [0, 0.1) is 0 Å². The number of hydrogen-bond acceptors (Lipinski definition) is 2. The molecule has 2 nitrogen and oxygen atoms in total. The van der Waals surface area contributed by atoms with Crippen LogP contribution in [-0.2, 0) is 4.79 Å². The lowest BCUT2D eigenvalue weighted by Gasteiger charge is -2.12. The minimum atomic E-state index is 0.0305. The van der Waals surface area contributed by atoms with E-state index in [0.717, 1.165) is 19.3 Å². The van der Waals surface area contributed by atoms with E-state index in [1.165, 1.54) is 0 Å². The lowest BCUT2D eigenvalue weighted by atomic mass is 10.0. The number of Topliss-reactive ketones (excluding diaryl/α,β-unsaturated/α-hetero) is 1. The number of nitrogens with one attached hydrogen (secondary N) is 1. The van der Waals surface area contributed by atoms with Gasteiger partial charge < -0.3 is 5.32 Å². The summed E-state index contributed by atoms with van der Waals surface area (Å²) in [6.45, 7) is 5.66. The fourth-order valence-corrected chi connectivity index (χ4v) is 1.17. The smallest absolute Gasteiger partial charge is 0.149 e. The van der Waals surface area contributed by atoms with Crippen LogP contribution in [0.5, 0.6) is 0 Å². The van der Waals surface area contributed by atoms with Crippen molar-refractivity contribution in [3.8, 4) is 0 Å². The molecular formula is C10H19NO. The van der Waals surface area contributed by atoms with E-state index in [1.54, 1.807) is 0 Å². The SMILES string of the molecule is C=CCCC(NC)C(=O)CCC. The predicted octanol–water partition coefficient (Wildman–Crippen LogP) is 1.91. The molecule has 0 aromatic heterocycles. The van der Waals surface area contributed by atoms with E-state index in [0.29, 0.717) is 12.2 Å². The van der Waals surface area contributed by atoms with Crippen molar-refractivity contribution in [2.75, 3.05) is 7.05 Å². The van der Waals surface area contributed by atoms with Crippen LogP contribution in [0.25, 0.3) is 0 Å². The van der Waals surface area contributed by atoms with Gasteiger partial charge in [0.05, 0.1) is 6.04 Å². The van der Waals surface area contributed by atoms with Crippen molar-refractivity contribution in [2.24, 2.45) is 0 Å². The number of rotatable bonds is 7. The third-order valence-corrected chi connectivity index (χ3v) is 1.89. The number of carbonyl (C=O) groups excluding carboxylic acids is 1. The Kier molecular flexibility index (Phi) is 6.67. The lowest BCUT2D eigenvalue weighted by Crippen LogP contribution is -2.33. The van der Waals surface area contributed by atoms with Crippen molar-refractivity contribution in [3.05, 3.63) is 12.7 Å². The van der Waals surface area contributed by atoms with E-state index in [-0.39, 0.29) is 6.04 Å². The monoisotopic (exact) mass is 169 g/mol. The zero-order valence-electron chi connectivity index (χ0n) is 8.10. The molecule has 0 saturated carbocycles. The summed E-state index contributed by atoms with van der Waals surface area (Å²) in [4.78, 5) is 11.4. The van der Waals surface area contributed by atoms with Gasteiger partial charge >= 0.3 is 0 Å². The van der Waals surface area contributed by atoms with Gasteiger partial charge in [-0.15, -0.1) is 6.58 Å². The Balaban J connectivity index is 3.78. The maximum atomic E-state index is 11.4. The third-order valence-electron chi connectivity index (χ3n) is 1.89. The first-order chi connectivity index (χ1) is 5.76. The minimum Gasteiger partial charge on any atom is -0.311 e. The van der Waals surface area contributed by atoms with Crippen LogP contribution in [0.2, 0.25) is 0 Å². The number of allylic oxidation sites excluding steroid dienone is 1. The van der Waals surface area contributed by atoms with Crippen LogP contribution in [0.4, 0.5) is 0 Å². The molecule has 0 heterocycles. The van der Waals surface area contributed by atoms with Crippen molar-refractivity contribution in [2.45, 2.75) is 38.6 Å². The molecule has 0 aliphatic carbocycles. The fourth-order valence-electron chi connectivity index (χ4n) is 1.17. The van der Waals surface area contributed by atoms with E-state index in [1.807, 2.05) is 20.0 Å². The van der Waals surface area contributed by atoms with Crippen molar-refractivity contribution in [1.29, 1.82) is 0 Å². The van der Waals surface area contributed by atoms with Gasteiger partial charge in [0.2, 0.25) is 0 Å². The van der Waals surface area contributed by atoms with Gasteiger partial charge in [-0.3, -0.25) is 4.79 Å². The molecule has 0 rings (SSSR count). The summed E-state index contributed by atoms with van der Waals surface area (Å²) in [7, 11) is 1.83. The molecule has 70 valence electrons. The Morgan fingerprint density at radius 2 is 2.33 bits per heavy atom. The first kappa shape index (κ1) is 11.4. The molecule has 0 bridgehead atoms. The second-order valence-electron chi connectivity index (χ2n) is 2.92. The van der Waals surface area contributed by atoms with Crippen LogP contribution in [-0.4, -0.2) is 18.9 Å². The third kappa shape index (κ3) is 4.29. The van der Waals surface area contributed by atoms with Crippen LogP contribution in [0.3, 0.4) is 0 Å². The van der Waals surface area contributed by atoms with E-state index >= 15 is 0 Å².